The number of benzene rings is 3. The van der Waals surface area contributed by atoms with Crippen molar-refractivity contribution in [3.63, 3.8) is 0 Å². The van der Waals surface area contributed by atoms with Crippen LogP contribution in [-0.4, -0.2) is 4.98 Å². The number of pyridine rings is 1. The van der Waals surface area contributed by atoms with Gasteiger partial charge < -0.3 is 0 Å². The van der Waals surface area contributed by atoms with Gasteiger partial charge in [0.1, 0.15) is 0 Å². The first-order chi connectivity index (χ1) is 16.1. The summed E-state index contributed by atoms with van der Waals surface area (Å²) < 4.78 is 2.67. The molecule has 1 aliphatic carbocycles. The Morgan fingerprint density at radius 1 is 0.788 bits per heavy atom. The van der Waals surface area contributed by atoms with Crippen LogP contribution in [-0.2, 0) is 5.41 Å². The first-order valence-electron chi connectivity index (χ1n) is 12.1. The van der Waals surface area contributed by atoms with E-state index in [9.17, 15) is 0 Å². The molecule has 1 aliphatic rings. The van der Waals surface area contributed by atoms with Gasteiger partial charge in [0.15, 0.2) is 0 Å². The van der Waals surface area contributed by atoms with E-state index in [0.717, 1.165) is 11.6 Å². The van der Waals surface area contributed by atoms with Crippen LogP contribution >= 0.6 is 11.3 Å². The molecule has 2 heteroatoms. The van der Waals surface area contributed by atoms with Crippen molar-refractivity contribution >= 4 is 31.5 Å². The molecule has 0 saturated heterocycles. The molecule has 0 amide bonds. The van der Waals surface area contributed by atoms with E-state index in [1.807, 2.05) is 17.5 Å². The van der Waals surface area contributed by atoms with E-state index in [0.29, 0.717) is 0 Å². The minimum Gasteiger partial charge on any atom is -0.256 e. The summed E-state index contributed by atoms with van der Waals surface area (Å²) >= 11 is 1.89. The van der Waals surface area contributed by atoms with Gasteiger partial charge in [-0.25, -0.2) is 0 Å². The van der Waals surface area contributed by atoms with Crippen molar-refractivity contribution in [3.8, 4) is 22.4 Å². The molecule has 0 bridgehead atoms. The summed E-state index contributed by atoms with van der Waals surface area (Å²) in [4.78, 5) is 4.84. The van der Waals surface area contributed by atoms with Crippen LogP contribution in [0.15, 0.2) is 85.1 Å². The van der Waals surface area contributed by atoms with Crippen LogP contribution in [0.1, 0.15) is 45.1 Å². The minimum absolute atomic E-state index is 0.187. The average Bonchev–Trinajstić information content (AvgIpc) is 3.53. The fraction of sp³-hybridized carbons (Fsp3) is 0.258. The highest BCUT2D eigenvalue weighted by Gasteiger charge is 2.33. The highest BCUT2D eigenvalue weighted by Crippen LogP contribution is 2.44. The molecule has 164 valence electrons. The average molecular weight is 448 g/mol. The summed E-state index contributed by atoms with van der Waals surface area (Å²) in [5.41, 5.74) is 6.49. The summed E-state index contributed by atoms with van der Waals surface area (Å²) in [6, 6.07) is 28.8. The van der Waals surface area contributed by atoms with Crippen molar-refractivity contribution in [2.24, 2.45) is 5.92 Å². The van der Waals surface area contributed by atoms with Gasteiger partial charge in [-0.3, -0.25) is 4.98 Å². The lowest BCUT2D eigenvalue weighted by molar-refractivity contribution is 0.325. The topological polar surface area (TPSA) is 12.9 Å². The maximum Gasteiger partial charge on any atom is 0.0719 e. The first kappa shape index (κ1) is 20.6. The highest BCUT2D eigenvalue weighted by atomic mass is 32.1. The van der Waals surface area contributed by atoms with Crippen molar-refractivity contribution in [1.29, 1.82) is 0 Å². The lowest BCUT2D eigenvalue weighted by atomic mass is 9.72. The van der Waals surface area contributed by atoms with Crippen LogP contribution in [0.2, 0.25) is 0 Å². The molecule has 0 spiro atoms. The SMILES string of the molecule is CC(C)(c1ccnc(-c2cccc3c2sc2ccc(-c4ccccc4)cc23)c1)C1CCCC1. The fourth-order valence-corrected chi connectivity index (χ4v) is 6.88. The predicted octanol–water partition coefficient (Wildman–Crippen LogP) is 9.25. The molecule has 0 aliphatic heterocycles. The Balaban J connectivity index is 1.47. The van der Waals surface area contributed by atoms with Crippen molar-refractivity contribution in [2.75, 3.05) is 0 Å². The van der Waals surface area contributed by atoms with Crippen molar-refractivity contribution in [3.05, 3.63) is 90.6 Å². The normalized spacial score (nSPS) is 15.0. The number of hydrogen-bond donors (Lipinski definition) is 0. The maximum atomic E-state index is 4.84. The van der Waals surface area contributed by atoms with Gasteiger partial charge in [-0.1, -0.05) is 81.3 Å². The molecule has 6 rings (SSSR count). The summed E-state index contributed by atoms with van der Waals surface area (Å²) in [5, 5.41) is 2.66. The molecule has 2 heterocycles. The molecular formula is C31H29NS. The molecular weight excluding hydrogens is 418 g/mol. The predicted molar refractivity (Wildman–Crippen MR) is 143 cm³/mol. The molecule has 0 unspecified atom stereocenters. The molecule has 1 fully saturated rings. The van der Waals surface area contributed by atoms with E-state index in [-0.39, 0.29) is 5.41 Å². The summed E-state index contributed by atoms with van der Waals surface area (Å²) in [6.45, 7) is 4.85. The summed E-state index contributed by atoms with van der Waals surface area (Å²) in [7, 11) is 0. The lowest BCUT2D eigenvalue weighted by Gasteiger charge is -2.32. The maximum absolute atomic E-state index is 4.84. The number of rotatable bonds is 4. The molecule has 1 nitrogen and oxygen atoms in total. The fourth-order valence-electron chi connectivity index (χ4n) is 5.67. The number of nitrogens with zero attached hydrogens (tertiary/aromatic N) is 1. The van der Waals surface area contributed by atoms with Gasteiger partial charge in [0.05, 0.1) is 5.69 Å². The molecule has 1 saturated carbocycles. The van der Waals surface area contributed by atoms with Gasteiger partial charge in [0.2, 0.25) is 0 Å². The van der Waals surface area contributed by atoms with Crippen LogP contribution in [0.4, 0.5) is 0 Å². The zero-order valence-corrected chi connectivity index (χ0v) is 20.2. The Hall–Kier alpha value is -2.97. The highest BCUT2D eigenvalue weighted by molar-refractivity contribution is 7.26. The Kier molecular flexibility index (Phi) is 5.07. The quantitative estimate of drug-likeness (QED) is 0.267. The molecule has 5 aromatic rings. The number of aromatic nitrogens is 1. The van der Waals surface area contributed by atoms with Crippen LogP contribution in [0.5, 0.6) is 0 Å². The molecule has 0 radical (unpaired) electrons. The Labute approximate surface area is 200 Å². The Bertz CT molecular complexity index is 1440. The van der Waals surface area contributed by atoms with E-state index in [2.05, 4.69) is 92.7 Å². The first-order valence-corrected chi connectivity index (χ1v) is 12.9. The van der Waals surface area contributed by atoms with Gasteiger partial charge in [-0.2, -0.15) is 0 Å². The third-order valence-corrected chi connectivity index (χ3v) is 8.98. The van der Waals surface area contributed by atoms with E-state index >= 15 is 0 Å². The molecule has 2 aromatic heterocycles. The van der Waals surface area contributed by atoms with E-state index in [1.165, 1.54) is 68.1 Å². The number of hydrogen-bond acceptors (Lipinski definition) is 2. The third-order valence-electron chi connectivity index (χ3n) is 7.76. The van der Waals surface area contributed by atoms with Gasteiger partial charge in [0.25, 0.3) is 0 Å². The van der Waals surface area contributed by atoms with Gasteiger partial charge in [-0.15, -0.1) is 11.3 Å². The molecule has 0 N–H and O–H groups in total. The lowest BCUT2D eigenvalue weighted by Crippen LogP contribution is -2.26. The zero-order chi connectivity index (χ0) is 22.4. The summed E-state index contributed by atoms with van der Waals surface area (Å²) in [6.07, 6.45) is 7.46. The van der Waals surface area contributed by atoms with E-state index < -0.39 is 0 Å². The van der Waals surface area contributed by atoms with Crippen molar-refractivity contribution < 1.29 is 0 Å². The third kappa shape index (κ3) is 3.57. The van der Waals surface area contributed by atoms with Crippen LogP contribution in [0.25, 0.3) is 42.6 Å². The summed E-state index contributed by atoms with van der Waals surface area (Å²) in [5.74, 6) is 0.768. The monoisotopic (exact) mass is 447 g/mol. The largest absolute Gasteiger partial charge is 0.256 e. The van der Waals surface area contributed by atoms with Gasteiger partial charge in [0, 0.05) is 31.9 Å². The van der Waals surface area contributed by atoms with Crippen LogP contribution in [0.3, 0.4) is 0 Å². The second-order valence-corrected chi connectivity index (χ2v) is 11.0. The number of fused-ring (bicyclic) bond motifs is 3. The second kappa shape index (κ2) is 8.11. The van der Waals surface area contributed by atoms with Crippen LogP contribution in [0, 0.1) is 5.92 Å². The zero-order valence-electron chi connectivity index (χ0n) is 19.3. The second-order valence-electron chi connectivity index (χ2n) is 9.99. The van der Waals surface area contributed by atoms with Crippen molar-refractivity contribution in [2.45, 2.75) is 44.9 Å². The smallest absolute Gasteiger partial charge is 0.0719 e. The van der Waals surface area contributed by atoms with Crippen molar-refractivity contribution in [1.82, 2.24) is 4.98 Å². The Morgan fingerprint density at radius 2 is 1.61 bits per heavy atom. The number of thiophene rings is 1. The Morgan fingerprint density at radius 3 is 2.42 bits per heavy atom. The molecule has 0 atom stereocenters. The molecule has 33 heavy (non-hydrogen) atoms. The molecule has 3 aromatic carbocycles. The minimum atomic E-state index is 0.187. The van der Waals surface area contributed by atoms with Gasteiger partial charge >= 0.3 is 0 Å². The van der Waals surface area contributed by atoms with Gasteiger partial charge in [-0.05, 0) is 65.1 Å². The van der Waals surface area contributed by atoms with E-state index in [1.54, 1.807) is 0 Å². The standard InChI is InChI=1S/C31H29NS/c1-31(2,23-11-6-7-12-23)24-17-18-32-28(20-24)26-14-8-13-25-27-19-22(21-9-4-3-5-10-21)15-16-29(27)33-30(25)26/h3-5,8-10,13-20,23H,6-7,11-12H2,1-2H3. The van der Waals surface area contributed by atoms with Crippen LogP contribution < -0.4 is 0 Å². The van der Waals surface area contributed by atoms with E-state index in [4.69, 9.17) is 4.98 Å².